The maximum atomic E-state index is 16.3. The van der Waals surface area contributed by atoms with Gasteiger partial charge in [-0.05, 0) is 55.0 Å². The van der Waals surface area contributed by atoms with Gasteiger partial charge in [0.15, 0.2) is 0 Å². The number of hydrogen-bond acceptors (Lipinski definition) is 1. The van der Waals surface area contributed by atoms with Crippen LogP contribution in [-0.4, -0.2) is 10.7 Å². The Hall–Kier alpha value is -2.36. The fourth-order valence-electron chi connectivity index (χ4n) is 5.21. The van der Waals surface area contributed by atoms with Crippen molar-refractivity contribution in [1.82, 2.24) is 4.98 Å². The van der Waals surface area contributed by atoms with Crippen LogP contribution in [0.1, 0.15) is 63.8 Å². The Morgan fingerprint density at radius 2 is 2.00 bits per heavy atom. The van der Waals surface area contributed by atoms with Crippen LogP contribution in [-0.2, 0) is 5.41 Å². The van der Waals surface area contributed by atoms with Crippen molar-refractivity contribution in [3.8, 4) is 0 Å². The molecule has 158 valence electrons. The van der Waals surface area contributed by atoms with Gasteiger partial charge in [-0.2, -0.15) is 0 Å². The van der Waals surface area contributed by atoms with Gasteiger partial charge in [0.2, 0.25) is 0 Å². The first kappa shape index (κ1) is 20.9. The number of halogens is 3. The lowest BCUT2D eigenvalue weighted by molar-refractivity contribution is 0.163. The van der Waals surface area contributed by atoms with Crippen molar-refractivity contribution in [2.75, 3.05) is 0 Å². The summed E-state index contributed by atoms with van der Waals surface area (Å²) in [5, 5.41) is 1.15. The molecule has 30 heavy (non-hydrogen) atoms. The lowest BCUT2D eigenvalue weighted by Gasteiger charge is -2.43. The van der Waals surface area contributed by atoms with E-state index in [9.17, 15) is 0 Å². The highest BCUT2D eigenvalue weighted by Crippen LogP contribution is 2.56. The Balaban J connectivity index is 2.10. The molecule has 0 bridgehead atoms. The fraction of sp³-hybridized carbons (Fsp3) is 0.423. The zero-order chi connectivity index (χ0) is 21.8. The Morgan fingerprint density at radius 1 is 1.27 bits per heavy atom. The number of fused-ring (bicyclic) bond motifs is 1. The van der Waals surface area contributed by atoms with Gasteiger partial charge in [0, 0.05) is 33.9 Å². The minimum atomic E-state index is -1.63. The smallest absolute Gasteiger partial charge is 0.136 e. The van der Waals surface area contributed by atoms with Crippen LogP contribution in [0.15, 0.2) is 48.0 Å². The summed E-state index contributed by atoms with van der Waals surface area (Å²) >= 11 is 0. The van der Waals surface area contributed by atoms with E-state index in [-0.39, 0.29) is 24.5 Å². The summed E-state index contributed by atoms with van der Waals surface area (Å²) in [7, 11) is 0. The molecule has 0 amide bonds. The monoisotopic (exact) mass is 411 g/mol. The quantitative estimate of drug-likeness (QED) is 0.470. The van der Waals surface area contributed by atoms with Crippen molar-refractivity contribution in [3.05, 3.63) is 70.6 Å². The van der Waals surface area contributed by atoms with Gasteiger partial charge >= 0.3 is 0 Å². The van der Waals surface area contributed by atoms with E-state index < -0.39 is 17.0 Å². The third-order valence-corrected chi connectivity index (χ3v) is 6.86. The molecule has 0 fully saturated rings. The standard InChI is InChI=1S/C26H28F3N/c1-6-8-12-26(29,7-2)17-9-10-19(27)22-21(17)24-20-16(11-13-30-24)23(28)15(3)14-18(20)25(22,4)5/h8,10-14,17H,6-7,9H2,1-5H3. The molecule has 1 heterocycles. The number of hydrogen-bond donors (Lipinski definition) is 0. The molecule has 2 aliphatic carbocycles. The number of alkyl halides is 1. The number of aromatic nitrogens is 1. The summed E-state index contributed by atoms with van der Waals surface area (Å²) in [6.45, 7) is 9.38. The third-order valence-electron chi connectivity index (χ3n) is 6.86. The van der Waals surface area contributed by atoms with Crippen LogP contribution < -0.4 is 0 Å². The van der Waals surface area contributed by atoms with Gasteiger partial charge in [-0.15, -0.1) is 0 Å². The van der Waals surface area contributed by atoms with E-state index >= 15 is 13.2 Å². The van der Waals surface area contributed by atoms with E-state index in [1.807, 2.05) is 33.8 Å². The first-order valence-corrected chi connectivity index (χ1v) is 10.7. The molecular weight excluding hydrogens is 383 g/mol. The van der Waals surface area contributed by atoms with Gasteiger partial charge < -0.3 is 0 Å². The van der Waals surface area contributed by atoms with Crippen LogP contribution in [0.25, 0.3) is 16.3 Å². The second-order valence-corrected chi connectivity index (χ2v) is 8.98. The Kier molecular flexibility index (Phi) is 4.95. The van der Waals surface area contributed by atoms with Gasteiger partial charge in [-0.25, -0.2) is 13.2 Å². The Bertz CT molecular complexity index is 1120. The maximum absolute atomic E-state index is 16.3. The topological polar surface area (TPSA) is 12.9 Å². The lowest BCUT2D eigenvalue weighted by atomic mass is 9.62. The Morgan fingerprint density at radius 3 is 2.67 bits per heavy atom. The van der Waals surface area contributed by atoms with Gasteiger partial charge in [0.25, 0.3) is 0 Å². The van der Waals surface area contributed by atoms with Gasteiger partial charge in [-0.3, -0.25) is 4.98 Å². The summed E-state index contributed by atoms with van der Waals surface area (Å²) < 4.78 is 46.6. The molecule has 2 aliphatic rings. The second kappa shape index (κ2) is 7.11. The fourth-order valence-corrected chi connectivity index (χ4v) is 5.21. The largest absolute Gasteiger partial charge is 0.256 e. The van der Waals surface area contributed by atoms with Crippen molar-refractivity contribution in [1.29, 1.82) is 0 Å². The van der Waals surface area contributed by atoms with Crippen LogP contribution in [0.3, 0.4) is 0 Å². The molecule has 0 aliphatic heterocycles. The first-order chi connectivity index (χ1) is 14.2. The highest BCUT2D eigenvalue weighted by molar-refractivity contribution is 6.01. The molecule has 2 unspecified atom stereocenters. The highest BCUT2D eigenvalue weighted by atomic mass is 19.1. The van der Waals surface area contributed by atoms with Crippen LogP contribution in [0, 0.1) is 18.7 Å². The third kappa shape index (κ3) is 2.79. The maximum Gasteiger partial charge on any atom is 0.136 e. The van der Waals surface area contributed by atoms with Crippen molar-refractivity contribution in [3.63, 3.8) is 0 Å². The molecule has 1 aromatic heterocycles. The van der Waals surface area contributed by atoms with E-state index in [0.717, 1.165) is 12.0 Å². The van der Waals surface area contributed by atoms with Gasteiger partial charge in [0.05, 0.1) is 5.69 Å². The summed E-state index contributed by atoms with van der Waals surface area (Å²) in [6.07, 6.45) is 7.76. The second-order valence-electron chi connectivity index (χ2n) is 8.98. The van der Waals surface area contributed by atoms with Crippen molar-refractivity contribution < 1.29 is 13.2 Å². The minimum absolute atomic E-state index is 0.251. The van der Waals surface area contributed by atoms with E-state index in [1.165, 1.54) is 6.08 Å². The molecule has 0 saturated carbocycles. The minimum Gasteiger partial charge on any atom is -0.256 e. The molecule has 0 saturated heterocycles. The molecule has 4 heteroatoms. The van der Waals surface area contributed by atoms with E-state index in [1.54, 1.807) is 31.3 Å². The normalized spacial score (nSPS) is 22.3. The predicted octanol–water partition coefficient (Wildman–Crippen LogP) is 7.68. The predicted molar refractivity (Wildman–Crippen MR) is 117 cm³/mol. The highest BCUT2D eigenvalue weighted by Gasteiger charge is 2.48. The number of rotatable bonds is 4. The molecule has 1 nitrogen and oxygen atoms in total. The molecule has 0 N–H and O–H groups in total. The van der Waals surface area contributed by atoms with Crippen molar-refractivity contribution in [2.24, 2.45) is 5.92 Å². The van der Waals surface area contributed by atoms with Gasteiger partial charge in [-0.1, -0.05) is 45.9 Å². The zero-order valence-corrected chi connectivity index (χ0v) is 18.2. The number of nitrogens with zero attached hydrogens (tertiary/aromatic N) is 1. The number of pyridine rings is 1. The zero-order valence-electron chi connectivity index (χ0n) is 18.2. The number of benzene rings is 1. The van der Waals surface area contributed by atoms with Gasteiger partial charge in [0.1, 0.15) is 17.3 Å². The lowest BCUT2D eigenvalue weighted by Crippen LogP contribution is -2.38. The van der Waals surface area contributed by atoms with E-state index in [2.05, 4.69) is 4.98 Å². The summed E-state index contributed by atoms with van der Waals surface area (Å²) in [5.74, 6) is -1.20. The molecule has 0 radical (unpaired) electrons. The number of aryl methyl sites for hydroxylation is 1. The number of allylic oxidation sites excluding steroid dienone is 6. The van der Waals surface area contributed by atoms with Crippen LogP contribution in [0.5, 0.6) is 0 Å². The summed E-state index contributed by atoms with van der Waals surface area (Å²) in [4.78, 5) is 4.56. The Labute approximate surface area is 176 Å². The molecule has 0 spiro atoms. The van der Waals surface area contributed by atoms with Crippen LogP contribution in [0.2, 0.25) is 0 Å². The van der Waals surface area contributed by atoms with E-state index in [4.69, 9.17) is 0 Å². The SMILES string of the molecule is CCC=CC(F)(CC)C1CC=C(F)C2=C1c1nccc3c(F)c(C)cc(c13)C2(C)C. The van der Waals surface area contributed by atoms with Crippen molar-refractivity contribution in [2.45, 2.75) is 65.0 Å². The first-order valence-electron chi connectivity index (χ1n) is 10.7. The molecule has 2 atom stereocenters. The molecule has 4 rings (SSSR count). The molecule has 1 aromatic carbocycles. The summed E-state index contributed by atoms with van der Waals surface area (Å²) in [5.41, 5.74) is 0.586. The molecular formula is C26H28F3N. The van der Waals surface area contributed by atoms with Crippen molar-refractivity contribution >= 4 is 16.3 Å². The van der Waals surface area contributed by atoms with E-state index in [0.29, 0.717) is 33.2 Å². The average molecular weight is 412 g/mol. The average Bonchev–Trinajstić information content (AvgIpc) is 2.72. The molecule has 2 aromatic rings. The summed E-state index contributed by atoms with van der Waals surface area (Å²) in [6, 6.07) is 3.46. The van der Waals surface area contributed by atoms with Crippen LogP contribution >= 0.6 is 0 Å². The van der Waals surface area contributed by atoms with Crippen LogP contribution in [0.4, 0.5) is 13.2 Å².